The molecule has 0 aromatic carbocycles. The summed E-state index contributed by atoms with van der Waals surface area (Å²) in [6, 6.07) is 7.07. The Morgan fingerprint density at radius 3 is 2.89 bits per heavy atom. The maximum absolute atomic E-state index is 12.9. The van der Waals surface area contributed by atoms with Gasteiger partial charge in [-0.15, -0.1) is 0 Å². The van der Waals surface area contributed by atoms with Crippen molar-refractivity contribution >= 4 is 22.6 Å². The number of aryl methyl sites for hydroxylation is 1. The second kappa shape index (κ2) is 8.35. The van der Waals surface area contributed by atoms with Crippen LogP contribution in [0.1, 0.15) is 37.2 Å². The minimum absolute atomic E-state index is 0.169. The molecule has 0 spiro atoms. The number of rotatable bonds is 8. The van der Waals surface area contributed by atoms with E-state index in [1.54, 1.807) is 31.5 Å². The van der Waals surface area contributed by atoms with Crippen molar-refractivity contribution in [3.8, 4) is 0 Å². The lowest BCUT2D eigenvalue weighted by molar-refractivity contribution is 0.0942. The fraction of sp³-hybridized carbons (Fsp3) is 0.450. The van der Waals surface area contributed by atoms with Gasteiger partial charge in [0, 0.05) is 33.0 Å². The number of amides is 1. The van der Waals surface area contributed by atoms with Crippen molar-refractivity contribution in [2.45, 2.75) is 33.2 Å². The van der Waals surface area contributed by atoms with E-state index in [4.69, 9.17) is 4.74 Å². The number of carbonyl (C=O) groups excluding carboxylic acids is 1. The zero-order chi connectivity index (χ0) is 19.4. The van der Waals surface area contributed by atoms with Crippen molar-refractivity contribution < 1.29 is 9.53 Å². The molecule has 7 heteroatoms. The summed E-state index contributed by atoms with van der Waals surface area (Å²) in [4.78, 5) is 30.3. The molecule has 1 N–H and O–H groups in total. The topological polar surface area (TPSA) is 77.6 Å². The summed E-state index contributed by atoms with van der Waals surface area (Å²) < 4.78 is 8.47. The number of nitrogens with zero attached hydrogens (tertiary/aromatic N) is 3. The molecule has 0 unspecified atom stereocenters. The van der Waals surface area contributed by atoms with Crippen LogP contribution in [0.5, 0.6) is 0 Å². The minimum Gasteiger partial charge on any atom is -0.385 e. The highest BCUT2D eigenvalue weighted by atomic mass is 16.5. The van der Waals surface area contributed by atoms with E-state index >= 15 is 0 Å². The van der Waals surface area contributed by atoms with E-state index in [0.29, 0.717) is 48.0 Å². The molecule has 7 nitrogen and oxygen atoms in total. The molecule has 1 amide bonds. The van der Waals surface area contributed by atoms with Crippen molar-refractivity contribution in [3.05, 3.63) is 46.5 Å². The van der Waals surface area contributed by atoms with Crippen molar-refractivity contribution in [1.29, 1.82) is 0 Å². The van der Waals surface area contributed by atoms with Gasteiger partial charge in [0.25, 0.3) is 11.5 Å². The third kappa shape index (κ3) is 4.03. The molecule has 0 radical (unpaired) electrons. The van der Waals surface area contributed by atoms with E-state index in [2.05, 4.69) is 24.1 Å². The summed E-state index contributed by atoms with van der Waals surface area (Å²) >= 11 is 0. The fourth-order valence-corrected chi connectivity index (χ4v) is 3.10. The Labute approximate surface area is 158 Å². The standard InChI is InChI=1S/C20H26N4O3/c1-14(2)8-9-21-19(25)16-13-15-18(23(16)11-6-12-27-3)22-17-7-4-5-10-24(17)20(15)26/h4-5,7,10,13-14H,6,8-9,11-12H2,1-3H3,(H,21,25). The van der Waals surface area contributed by atoms with Crippen molar-refractivity contribution in [3.63, 3.8) is 0 Å². The molecule has 3 heterocycles. The average Bonchev–Trinajstić information content (AvgIpc) is 3.01. The molecule has 0 fully saturated rings. The molecule has 3 rings (SSSR count). The van der Waals surface area contributed by atoms with Crippen LogP contribution >= 0.6 is 0 Å². The van der Waals surface area contributed by atoms with Crippen LogP contribution in [0.2, 0.25) is 0 Å². The summed E-state index contributed by atoms with van der Waals surface area (Å²) in [5.74, 6) is 0.328. The van der Waals surface area contributed by atoms with E-state index in [1.807, 2.05) is 10.6 Å². The van der Waals surface area contributed by atoms with Crippen LogP contribution < -0.4 is 10.9 Å². The molecular formula is C20H26N4O3. The number of ether oxygens (including phenoxy) is 1. The second-order valence-corrected chi connectivity index (χ2v) is 7.05. The zero-order valence-corrected chi connectivity index (χ0v) is 16.1. The van der Waals surface area contributed by atoms with Crippen molar-refractivity contribution in [2.75, 3.05) is 20.3 Å². The Kier molecular flexibility index (Phi) is 5.91. The van der Waals surface area contributed by atoms with Crippen molar-refractivity contribution in [1.82, 2.24) is 19.3 Å². The summed E-state index contributed by atoms with van der Waals surface area (Å²) in [6.45, 7) is 5.96. The molecular weight excluding hydrogens is 344 g/mol. The van der Waals surface area contributed by atoms with E-state index < -0.39 is 0 Å². The first kappa shape index (κ1) is 19.1. The fourth-order valence-electron chi connectivity index (χ4n) is 3.10. The van der Waals surface area contributed by atoms with Crippen LogP contribution in [0.15, 0.2) is 35.3 Å². The largest absolute Gasteiger partial charge is 0.385 e. The number of methoxy groups -OCH3 is 1. The number of pyridine rings is 1. The van der Waals surface area contributed by atoms with Gasteiger partial charge in [0.1, 0.15) is 17.0 Å². The van der Waals surface area contributed by atoms with E-state index in [9.17, 15) is 9.59 Å². The Hall–Kier alpha value is -2.67. The molecule has 144 valence electrons. The molecule has 3 aromatic rings. The predicted molar refractivity (Wildman–Crippen MR) is 105 cm³/mol. The molecule has 0 saturated carbocycles. The number of aromatic nitrogens is 3. The third-order valence-electron chi connectivity index (χ3n) is 4.55. The first-order chi connectivity index (χ1) is 13.0. The van der Waals surface area contributed by atoms with E-state index in [-0.39, 0.29) is 11.5 Å². The number of hydrogen-bond donors (Lipinski definition) is 1. The van der Waals surface area contributed by atoms with Crippen LogP contribution in [0.25, 0.3) is 16.7 Å². The number of nitrogens with one attached hydrogen (secondary N) is 1. The monoisotopic (exact) mass is 370 g/mol. The quantitative estimate of drug-likeness (QED) is 0.618. The zero-order valence-electron chi connectivity index (χ0n) is 16.1. The van der Waals surface area contributed by atoms with Crippen LogP contribution in [0.4, 0.5) is 0 Å². The molecule has 0 atom stereocenters. The lowest BCUT2D eigenvalue weighted by atomic mass is 10.1. The van der Waals surface area contributed by atoms with Gasteiger partial charge in [-0.2, -0.15) is 0 Å². The maximum atomic E-state index is 12.9. The molecule has 27 heavy (non-hydrogen) atoms. The molecule has 0 saturated heterocycles. The molecule has 0 aliphatic carbocycles. The summed E-state index contributed by atoms with van der Waals surface area (Å²) in [7, 11) is 1.64. The highest BCUT2D eigenvalue weighted by Crippen LogP contribution is 2.17. The summed E-state index contributed by atoms with van der Waals surface area (Å²) in [5, 5.41) is 3.40. The predicted octanol–water partition coefficient (Wildman–Crippen LogP) is 2.46. The first-order valence-corrected chi connectivity index (χ1v) is 9.30. The van der Waals surface area contributed by atoms with Gasteiger partial charge in [-0.3, -0.25) is 14.0 Å². The van der Waals surface area contributed by atoms with Gasteiger partial charge in [0.15, 0.2) is 0 Å². The highest BCUT2D eigenvalue weighted by molar-refractivity contribution is 5.98. The molecule has 0 bridgehead atoms. The van der Waals surface area contributed by atoms with Crippen LogP contribution in [-0.2, 0) is 11.3 Å². The Bertz CT molecular complexity index is 1000. The lowest BCUT2D eigenvalue weighted by Gasteiger charge is -2.11. The smallest absolute Gasteiger partial charge is 0.267 e. The molecule has 3 aromatic heterocycles. The van der Waals surface area contributed by atoms with Crippen LogP contribution in [0, 0.1) is 5.92 Å². The highest BCUT2D eigenvalue weighted by Gasteiger charge is 2.19. The van der Waals surface area contributed by atoms with Gasteiger partial charge in [-0.1, -0.05) is 19.9 Å². The Morgan fingerprint density at radius 2 is 2.15 bits per heavy atom. The van der Waals surface area contributed by atoms with Gasteiger partial charge < -0.3 is 14.6 Å². The third-order valence-corrected chi connectivity index (χ3v) is 4.55. The van der Waals surface area contributed by atoms with Crippen LogP contribution in [0.3, 0.4) is 0 Å². The van der Waals surface area contributed by atoms with Crippen LogP contribution in [-0.4, -0.2) is 40.1 Å². The van der Waals surface area contributed by atoms with Gasteiger partial charge in [0.05, 0.1) is 5.39 Å². The van der Waals surface area contributed by atoms with E-state index in [1.165, 1.54) is 4.40 Å². The second-order valence-electron chi connectivity index (χ2n) is 7.05. The van der Waals surface area contributed by atoms with Gasteiger partial charge in [0.2, 0.25) is 0 Å². The van der Waals surface area contributed by atoms with Gasteiger partial charge in [-0.25, -0.2) is 4.98 Å². The van der Waals surface area contributed by atoms with E-state index in [0.717, 1.165) is 12.8 Å². The Morgan fingerprint density at radius 1 is 1.33 bits per heavy atom. The number of carbonyl (C=O) groups is 1. The maximum Gasteiger partial charge on any atom is 0.267 e. The normalized spacial score (nSPS) is 11.6. The molecule has 0 aliphatic heterocycles. The Balaban J connectivity index is 2.06. The van der Waals surface area contributed by atoms with Gasteiger partial charge in [-0.05, 0) is 37.0 Å². The number of fused-ring (bicyclic) bond motifs is 2. The SMILES string of the molecule is COCCCn1c(C(=O)NCCC(C)C)cc2c(=O)n3ccccc3nc21. The minimum atomic E-state index is -0.181. The van der Waals surface area contributed by atoms with Gasteiger partial charge >= 0.3 is 0 Å². The average molecular weight is 370 g/mol. The summed E-state index contributed by atoms with van der Waals surface area (Å²) in [5.41, 5.74) is 1.40. The first-order valence-electron chi connectivity index (χ1n) is 9.30. The molecule has 0 aliphatic rings. The summed E-state index contributed by atoms with van der Waals surface area (Å²) in [6.07, 6.45) is 3.32. The van der Waals surface area contributed by atoms with Crippen molar-refractivity contribution in [2.24, 2.45) is 5.92 Å². The number of hydrogen-bond acceptors (Lipinski definition) is 4. The lowest BCUT2D eigenvalue weighted by Crippen LogP contribution is -2.27.